The Labute approximate surface area is 181 Å². The van der Waals surface area contributed by atoms with Crippen molar-refractivity contribution in [2.45, 2.75) is 31.6 Å². The van der Waals surface area contributed by atoms with E-state index in [2.05, 4.69) is 17.1 Å². The van der Waals surface area contributed by atoms with Crippen LogP contribution in [0, 0.1) is 0 Å². The number of hydrogen-bond donors (Lipinski definition) is 0. The van der Waals surface area contributed by atoms with Gasteiger partial charge in [0.1, 0.15) is 0 Å². The first-order valence-corrected chi connectivity index (χ1v) is 10.8. The van der Waals surface area contributed by atoms with E-state index in [-0.39, 0.29) is 11.8 Å². The van der Waals surface area contributed by atoms with Gasteiger partial charge < -0.3 is 4.90 Å². The van der Waals surface area contributed by atoms with Gasteiger partial charge >= 0.3 is 0 Å². The zero-order valence-electron chi connectivity index (χ0n) is 17.4. The minimum atomic E-state index is 0.177. The van der Waals surface area contributed by atoms with Gasteiger partial charge in [0.05, 0.1) is 0 Å². The van der Waals surface area contributed by atoms with Crippen LogP contribution in [0.5, 0.6) is 0 Å². The molecule has 0 saturated carbocycles. The summed E-state index contributed by atoms with van der Waals surface area (Å²) in [7, 11) is 0. The summed E-state index contributed by atoms with van der Waals surface area (Å²) in [5.74, 6) is 1.22. The molecule has 0 spiro atoms. The van der Waals surface area contributed by atoms with E-state index < -0.39 is 0 Å². The average Bonchev–Trinajstić information content (AvgIpc) is 3.27. The molecule has 0 radical (unpaired) electrons. The summed E-state index contributed by atoms with van der Waals surface area (Å²) in [6.45, 7) is 1.52. The number of nitrogens with zero attached hydrogens (tertiary/aromatic N) is 5. The number of piperidine rings is 1. The van der Waals surface area contributed by atoms with Crippen LogP contribution in [0.4, 0.5) is 0 Å². The number of carbonyl (C=O) groups excluding carboxylic acids is 1. The predicted molar refractivity (Wildman–Crippen MR) is 120 cm³/mol. The highest BCUT2D eigenvalue weighted by atomic mass is 16.2. The summed E-state index contributed by atoms with van der Waals surface area (Å²) in [6, 6.07) is 18.2. The number of hydrogen-bond acceptors (Lipinski definition) is 4. The lowest BCUT2D eigenvalue weighted by atomic mass is 9.97. The van der Waals surface area contributed by atoms with Crippen LogP contribution in [0.25, 0.3) is 16.8 Å². The maximum absolute atomic E-state index is 12.8. The second-order valence-electron chi connectivity index (χ2n) is 8.10. The molecule has 4 heterocycles. The molecule has 31 heavy (non-hydrogen) atoms. The Balaban J connectivity index is 1.28. The third-order valence-electron chi connectivity index (χ3n) is 5.95. The number of carbonyl (C=O) groups is 1. The van der Waals surface area contributed by atoms with Crippen LogP contribution in [-0.4, -0.2) is 43.5 Å². The first-order chi connectivity index (χ1) is 15.3. The van der Waals surface area contributed by atoms with Gasteiger partial charge in [-0.15, -0.1) is 0 Å². The van der Waals surface area contributed by atoms with Gasteiger partial charge in [0.25, 0.3) is 0 Å². The molecule has 156 valence electrons. The topological polar surface area (TPSA) is 63.4 Å². The van der Waals surface area contributed by atoms with Gasteiger partial charge in [0.15, 0.2) is 11.5 Å². The number of rotatable bonds is 5. The summed E-state index contributed by atoms with van der Waals surface area (Å²) < 4.78 is 1.84. The Morgan fingerprint density at radius 3 is 2.77 bits per heavy atom. The maximum atomic E-state index is 12.8. The molecule has 5 rings (SSSR count). The average molecular weight is 412 g/mol. The SMILES string of the molecule is O=C(CCc1ccccc1)N1CCCC(c2nc3ccc(-c4cccnc4)cn3n2)C1. The van der Waals surface area contributed by atoms with Crippen LogP contribution in [0.2, 0.25) is 0 Å². The number of likely N-dealkylation sites (tertiary alicyclic amines) is 1. The summed E-state index contributed by atoms with van der Waals surface area (Å²) in [4.78, 5) is 23.7. The largest absolute Gasteiger partial charge is 0.342 e. The Hall–Kier alpha value is -3.54. The molecule has 6 heteroatoms. The van der Waals surface area contributed by atoms with E-state index in [0.29, 0.717) is 13.0 Å². The monoisotopic (exact) mass is 411 g/mol. The zero-order chi connectivity index (χ0) is 21.0. The van der Waals surface area contributed by atoms with Crippen molar-refractivity contribution in [3.63, 3.8) is 0 Å². The smallest absolute Gasteiger partial charge is 0.222 e. The van der Waals surface area contributed by atoms with Crippen molar-refractivity contribution >= 4 is 11.6 Å². The van der Waals surface area contributed by atoms with Crippen LogP contribution in [0.3, 0.4) is 0 Å². The Bertz CT molecular complexity index is 1170. The van der Waals surface area contributed by atoms with E-state index >= 15 is 0 Å². The first-order valence-electron chi connectivity index (χ1n) is 10.8. The van der Waals surface area contributed by atoms with E-state index in [1.165, 1.54) is 5.56 Å². The number of aromatic nitrogens is 4. The van der Waals surface area contributed by atoms with E-state index in [9.17, 15) is 4.79 Å². The second kappa shape index (κ2) is 8.68. The standard InChI is InChI=1S/C25H25N5O/c31-24(13-10-19-6-2-1-3-7-19)29-15-5-9-22(17-29)25-27-23-12-11-21(18-30(23)28-25)20-8-4-14-26-16-20/h1-4,6-8,11-12,14,16,18,22H,5,9-10,13,15,17H2. The van der Waals surface area contributed by atoms with Crippen molar-refractivity contribution < 1.29 is 4.79 Å². The lowest BCUT2D eigenvalue weighted by Gasteiger charge is -2.31. The van der Waals surface area contributed by atoms with Crippen molar-refractivity contribution in [2.75, 3.05) is 13.1 Å². The number of aryl methyl sites for hydroxylation is 1. The molecule has 1 aliphatic heterocycles. The Kier molecular flexibility index (Phi) is 5.44. The lowest BCUT2D eigenvalue weighted by molar-refractivity contribution is -0.132. The van der Waals surface area contributed by atoms with Gasteiger partial charge in [0.2, 0.25) is 5.91 Å². The van der Waals surface area contributed by atoms with Crippen molar-refractivity contribution in [3.8, 4) is 11.1 Å². The van der Waals surface area contributed by atoms with Crippen LogP contribution >= 0.6 is 0 Å². The van der Waals surface area contributed by atoms with Crippen LogP contribution in [0.1, 0.15) is 36.6 Å². The molecular formula is C25H25N5O. The van der Waals surface area contributed by atoms with E-state index in [4.69, 9.17) is 10.1 Å². The minimum absolute atomic E-state index is 0.177. The molecule has 0 aliphatic carbocycles. The number of amides is 1. The minimum Gasteiger partial charge on any atom is -0.342 e. The van der Waals surface area contributed by atoms with Crippen molar-refractivity contribution in [3.05, 3.63) is 84.6 Å². The first kappa shape index (κ1) is 19.4. The third-order valence-corrected chi connectivity index (χ3v) is 5.95. The molecule has 1 aromatic carbocycles. The van der Waals surface area contributed by atoms with Gasteiger partial charge in [-0.3, -0.25) is 9.78 Å². The van der Waals surface area contributed by atoms with Gasteiger partial charge in [-0.2, -0.15) is 5.10 Å². The molecule has 6 nitrogen and oxygen atoms in total. The molecule has 1 aliphatic rings. The third kappa shape index (κ3) is 4.33. The summed E-state index contributed by atoms with van der Waals surface area (Å²) in [5, 5.41) is 4.76. The summed E-state index contributed by atoms with van der Waals surface area (Å²) in [5.41, 5.74) is 4.14. The fourth-order valence-electron chi connectivity index (χ4n) is 4.25. The molecule has 1 fully saturated rings. The van der Waals surface area contributed by atoms with E-state index in [1.807, 2.05) is 64.3 Å². The maximum Gasteiger partial charge on any atom is 0.222 e. The zero-order valence-corrected chi connectivity index (χ0v) is 17.4. The Morgan fingerprint density at radius 2 is 1.94 bits per heavy atom. The van der Waals surface area contributed by atoms with Gasteiger partial charge in [0, 0.05) is 55.1 Å². The van der Waals surface area contributed by atoms with Crippen LogP contribution in [0.15, 0.2) is 73.2 Å². The van der Waals surface area contributed by atoms with E-state index in [0.717, 1.165) is 48.4 Å². The van der Waals surface area contributed by atoms with Crippen molar-refractivity contribution in [1.29, 1.82) is 0 Å². The molecule has 1 unspecified atom stereocenters. The quantitative estimate of drug-likeness (QED) is 0.495. The number of benzene rings is 1. The molecule has 0 N–H and O–H groups in total. The highest BCUT2D eigenvalue weighted by molar-refractivity contribution is 5.76. The van der Waals surface area contributed by atoms with Crippen molar-refractivity contribution in [1.82, 2.24) is 24.5 Å². The van der Waals surface area contributed by atoms with Gasteiger partial charge in [-0.1, -0.05) is 36.4 Å². The van der Waals surface area contributed by atoms with Gasteiger partial charge in [-0.25, -0.2) is 9.50 Å². The summed E-state index contributed by atoms with van der Waals surface area (Å²) >= 11 is 0. The van der Waals surface area contributed by atoms with Crippen LogP contribution in [-0.2, 0) is 11.2 Å². The summed E-state index contributed by atoms with van der Waals surface area (Å²) in [6.07, 6.45) is 8.93. The molecule has 1 amide bonds. The van der Waals surface area contributed by atoms with E-state index in [1.54, 1.807) is 6.20 Å². The fourth-order valence-corrected chi connectivity index (χ4v) is 4.25. The highest BCUT2D eigenvalue weighted by Crippen LogP contribution is 2.26. The molecule has 1 saturated heterocycles. The highest BCUT2D eigenvalue weighted by Gasteiger charge is 2.27. The normalized spacial score (nSPS) is 16.5. The molecule has 3 aromatic heterocycles. The lowest BCUT2D eigenvalue weighted by Crippen LogP contribution is -2.39. The van der Waals surface area contributed by atoms with Gasteiger partial charge in [-0.05, 0) is 43.0 Å². The fraction of sp³-hybridized carbons (Fsp3) is 0.280. The molecule has 4 aromatic rings. The number of fused-ring (bicyclic) bond motifs is 1. The number of pyridine rings is 2. The second-order valence-corrected chi connectivity index (χ2v) is 8.10. The Morgan fingerprint density at radius 1 is 1.03 bits per heavy atom. The van der Waals surface area contributed by atoms with Crippen LogP contribution < -0.4 is 0 Å². The predicted octanol–water partition coefficient (Wildman–Crippen LogP) is 4.13. The molecule has 0 bridgehead atoms. The molecule has 1 atom stereocenters. The molecular weight excluding hydrogens is 386 g/mol. The van der Waals surface area contributed by atoms with Crippen molar-refractivity contribution in [2.24, 2.45) is 0 Å².